The molecular weight excluding hydrogens is 284 g/mol. The summed E-state index contributed by atoms with van der Waals surface area (Å²) in [5.74, 6) is 0. The molecule has 0 aliphatic carbocycles. The van der Waals surface area contributed by atoms with Crippen molar-refractivity contribution in [3.05, 3.63) is 54.1 Å². The number of hydrogen-bond donors (Lipinski definition) is 1. The maximum atomic E-state index is 12.9. The van der Waals surface area contributed by atoms with Gasteiger partial charge in [0.25, 0.3) is 10.0 Å². The van der Waals surface area contributed by atoms with E-state index in [0.29, 0.717) is 12.2 Å². The van der Waals surface area contributed by atoms with Crippen molar-refractivity contribution in [2.75, 3.05) is 16.6 Å². The molecule has 2 aromatic rings. The second kappa shape index (κ2) is 5.41. The summed E-state index contributed by atoms with van der Waals surface area (Å²) < 4.78 is 27.4. The van der Waals surface area contributed by atoms with Crippen molar-refractivity contribution < 1.29 is 8.42 Å². The van der Waals surface area contributed by atoms with Crippen LogP contribution in [0, 0.1) is 0 Å². The van der Waals surface area contributed by atoms with Gasteiger partial charge in [0.05, 0.1) is 10.6 Å². The summed E-state index contributed by atoms with van der Waals surface area (Å²) in [6, 6.07) is 14.2. The van der Waals surface area contributed by atoms with Crippen molar-refractivity contribution in [1.29, 1.82) is 0 Å². The first kappa shape index (κ1) is 13.9. The molecule has 0 amide bonds. The van der Waals surface area contributed by atoms with Crippen molar-refractivity contribution in [3.8, 4) is 0 Å². The molecule has 0 radical (unpaired) electrons. The Morgan fingerprint density at radius 2 is 1.81 bits per heavy atom. The number of nitrogens with zero attached hydrogens (tertiary/aromatic N) is 1. The van der Waals surface area contributed by atoms with Crippen molar-refractivity contribution >= 4 is 21.4 Å². The smallest absolute Gasteiger partial charge is 0.264 e. The molecule has 0 saturated heterocycles. The molecule has 2 N–H and O–H groups in total. The number of rotatable bonds is 2. The van der Waals surface area contributed by atoms with Gasteiger partial charge in [0, 0.05) is 12.2 Å². The largest absolute Gasteiger partial charge is 0.399 e. The summed E-state index contributed by atoms with van der Waals surface area (Å²) in [6.07, 6.45) is 2.77. The number of nitrogens with two attached hydrogens (primary N) is 1. The monoisotopic (exact) mass is 302 g/mol. The van der Waals surface area contributed by atoms with Gasteiger partial charge in [-0.3, -0.25) is 4.31 Å². The molecule has 21 heavy (non-hydrogen) atoms. The maximum Gasteiger partial charge on any atom is 0.264 e. The van der Waals surface area contributed by atoms with Gasteiger partial charge < -0.3 is 5.73 Å². The quantitative estimate of drug-likeness (QED) is 0.868. The molecule has 5 heteroatoms. The number of hydrogen-bond acceptors (Lipinski definition) is 3. The number of fused-ring (bicyclic) bond motifs is 1. The molecule has 0 fully saturated rings. The predicted octanol–water partition coefficient (Wildman–Crippen LogP) is 2.80. The van der Waals surface area contributed by atoms with Gasteiger partial charge in [0.15, 0.2) is 0 Å². The van der Waals surface area contributed by atoms with Crippen LogP contribution in [-0.4, -0.2) is 15.0 Å². The summed E-state index contributed by atoms with van der Waals surface area (Å²) >= 11 is 0. The van der Waals surface area contributed by atoms with Crippen LogP contribution in [0.4, 0.5) is 11.4 Å². The van der Waals surface area contributed by atoms with Gasteiger partial charge >= 0.3 is 0 Å². The zero-order chi connectivity index (χ0) is 14.9. The SMILES string of the molecule is Nc1cccc(S(=O)(=O)N2CCCCc3ccccc32)c1. The Morgan fingerprint density at radius 1 is 1.00 bits per heavy atom. The zero-order valence-corrected chi connectivity index (χ0v) is 12.5. The molecule has 0 unspecified atom stereocenters. The van der Waals surface area contributed by atoms with E-state index in [2.05, 4.69) is 0 Å². The third-order valence-electron chi connectivity index (χ3n) is 3.76. The fourth-order valence-electron chi connectivity index (χ4n) is 2.71. The van der Waals surface area contributed by atoms with Crippen LogP contribution in [0.25, 0.3) is 0 Å². The molecule has 3 rings (SSSR count). The van der Waals surface area contributed by atoms with Gasteiger partial charge in [-0.15, -0.1) is 0 Å². The fraction of sp³-hybridized carbons (Fsp3) is 0.250. The number of benzene rings is 2. The number of anilines is 2. The molecule has 1 aliphatic rings. The van der Waals surface area contributed by atoms with Crippen molar-refractivity contribution in [2.45, 2.75) is 24.2 Å². The summed E-state index contributed by atoms with van der Waals surface area (Å²) in [6.45, 7) is 0.508. The Morgan fingerprint density at radius 3 is 2.62 bits per heavy atom. The molecule has 2 aromatic carbocycles. The van der Waals surface area contributed by atoms with Gasteiger partial charge in [0.2, 0.25) is 0 Å². The van der Waals surface area contributed by atoms with Crippen LogP contribution in [0.15, 0.2) is 53.4 Å². The number of para-hydroxylation sites is 1. The van der Waals surface area contributed by atoms with E-state index in [1.807, 2.05) is 24.3 Å². The summed E-state index contributed by atoms with van der Waals surface area (Å²) in [4.78, 5) is 0.249. The highest BCUT2D eigenvalue weighted by Crippen LogP contribution is 2.31. The standard InChI is InChI=1S/C16H18N2O2S/c17-14-8-5-9-15(12-14)21(19,20)18-11-4-3-7-13-6-1-2-10-16(13)18/h1-2,5-6,8-10,12H,3-4,7,11,17H2. The first-order valence-corrected chi connectivity index (χ1v) is 8.49. The Kier molecular flexibility index (Phi) is 3.59. The Hall–Kier alpha value is -2.01. The van der Waals surface area contributed by atoms with E-state index >= 15 is 0 Å². The minimum absolute atomic E-state index is 0.249. The van der Waals surface area contributed by atoms with Crippen molar-refractivity contribution in [3.63, 3.8) is 0 Å². The van der Waals surface area contributed by atoms with Gasteiger partial charge in [-0.2, -0.15) is 0 Å². The lowest BCUT2D eigenvalue weighted by Crippen LogP contribution is -2.31. The van der Waals surface area contributed by atoms with E-state index < -0.39 is 10.0 Å². The minimum atomic E-state index is -3.57. The van der Waals surface area contributed by atoms with E-state index in [9.17, 15) is 8.42 Å². The highest BCUT2D eigenvalue weighted by Gasteiger charge is 2.27. The van der Waals surface area contributed by atoms with E-state index in [1.54, 1.807) is 18.2 Å². The first-order valence-electron chi connectivity index (χ1n) is 7.05. The van der Waals surface area contributed by atoms with E-state index in [0.717, 1.165) is 30.5 Å². The highest BCUT2D eigenvalue weighted by atomic mass is 32.2. The topological polar surface area (TPSA) is 63.4 Å². The normalized spacial score (nSPS) is 15.3. The van der Waals surface area contributed by atoms with Gasteiger partial charge in [0.1, 0.15) is 0 Å². The van der Waals surface area contributed by atoms with Gasteiger partial charge in [-0.1, -0.05) is 24.3 Å². The number of aryl methyl sites for hydroxylation is 1. The van der Waals surface area contributed by atoms with E-state index in [1.165, 1.54) is 10.4 Å². The van der Waals surface area contributed by atoms with Crippen LogP contribution in [0.3, 0.4) is 0 Å². The lowest BCUT2D eigenvalue weighted by molar-refractivity contribution is 0.589. The van der Waals surface area contributed by atoms with Crippen LogP contribution in [0.1, 0.15) is 18.4 Å². The lowest BCUT2D eigenvalue weighted by atomic mass is 10.1. The minimum Gasteiger partial charge on any atom is -0.399 e. The van der Waals surface area contributed by atoms with Crippen LogP contribution in [0.2, 0.25) is 0 Å². The summed E-state index contributed by atoms with van der Waals surface area (Å²) in [5.41, 5.74) is 8.06. The molecule has 0 saturated carbocycles. The van der Waals surface area contributed by atoms with Crippen LogP contribution >= 0.6 is 0 Å². The third-order valence-corrected chi connectivity index (χ3v) is 5.57. The third kappa shape index (κ3) is 2.61. The first-order chi connectivity index (χ1) is 10.1. The Labute approximate surface area is 125 Å². The molecule has 0 aromatic heterocycles. The van der Waals surface area contributed by atoms with Gasteiger partial charge in [-0.05, 0) is 49.1 Å². The van der Waals surface area contributed by atoms with Crippen LogP contribution in [0.5, 0.6) is 0 Å². The lowest BCUT2D eigenvalue weighted by Gasteiger charge is -2.24. The van der Waals surface area contributed by atoms with Crippen molar-refractivity contribution in [1.82, 2.24) is 0 Å². The van der Waals surface area contributed by atoms with E-state index in [-0.39, 0.29) is 4.90 Å². The molecular formula is C16H18N2O2S. The zero-order valence-electron chi connectivity index (χ0n) is 11.7. The highest BCUT2D eigenvalue weighted by molar-refractivity contribution is 7.92. The average molecular weight is 302 g/mol. The summed E-state index contributed by atoms with van der Waals surface area (Å²) in [5, 5.41) is 0. The molecule has 0 spiro atoms. The van der Waals surface area contributed by atoms with Gasteiger partial charge in [-0.25, -0.2) is 8.42 Å². The Bertz CT molecular complexity index is 756. The fourth-order valence-corrected chi connectivity index (χ4v) is 4.31. The maximum absolute atomic E-state index is 12.9. The molecule has 0 atom stereocenters. The summed E-state index contributed by atoms with van der Waals surface area (Å²) in [7, 11) is -3.57. The van der Waals surface area contributed by atoms with Crippen molar-refractivity contribution in [2.24, 2.45) is 0 Å². The van der Waals surface area contributed by atoms with Crippen LogP contribution in [-0.2, 0) is 16.4 Å². The van der Waals surface area contributed by atoms with E-state index in [4.69, 9.17) is 5.73 Å². The number of sulfonamides is 1. The predicted molar refractivity (Wildman–Crippen MR) is 84.8 cm³/mol. The molecule has 0 bridgehead atoms. The second-order valence-corrected chi connectivity index (χ2v) is 7.10. The molecule has 1 heterocycles. The number of nitrogen functional groups attached to an aromatic ring is 1. The van der Waals surface area contributed by atoms with Crippen LogP contribution < -0.4 is 10.0 Å². The molecule has 4 nitrogen and oxygen atoms in total. The molecule has 110 valence electrons. The molecule has 1 aliphatic heterocycles. The average Bonchev–Trinajstić information content (AvgIpc) is 2.70. The second-order valence-electron chi connectivity index (χ2n) is 5.24. The Balaban J connectivity index is 2.11.